The van der Waals surface area contributed by atoms with Gasteiger partial charge in [-0.15, -0.1) is 0 Å². The van der Waals surface area contributed by atoms with Crippen molar-refractivity contribution in [1.29, 1.82) is 0 Å². The summed E-state index contributed by atoms with van der Waals surface area (Å²) in [5, 5.41) is 0. The van der Waals surface area contributed by atoms with Gasteiger partial charge in [0.1, 0.15) is 0 Å². The molecule has 0 aromatic carbocycles. The van der Waals surface area contributed by atoms with E-state index < -0.39 is 30.1 Å². The molecule has 0 aromatic heterocycles. The van der Waals surface area contributed by atoms with Crippen LogP contribution in [0.3, 0.4) is 0 Å². The standard InChI is InChI=1S/C16H38O5Si4/c1-12-13-21-16(17)15(2)14-25(22(6,7)18-3,23(8,9)19-4)24(10,11)20-5/h14H,12-13H2,1-11H3/b15-14+. The molecule has 0 heterocycles. The van der Waals surface area contributed by atoms with E-state index in [0.717, 1.165) is 6.42 Å². The highest BCUT2D eigenvalue weighted by molar-refractivity contribution is 7.88. The predicted molar refractivity (Wildman–Crippen MR) is 114 cm³/mol. The Morgan fingerprint density at radius 2 is 1.20 bits per heavy atom. The third-order valence-electron chi connectivity index (χ3n) is 5.57. The second-order valence-corrected chi connectivity index (χ2v) is 42.5. The number of hydrogen-bond acceptors (Lipinski definition) is 5. The zero-order valence-electron chi connectivity index (χ0n) is 18.0. The maximum Gasteiger partial charge on any atom is 0.332 e. The maximum atomic E-state index is 12.5. The fraction of sp³-hybridized carbons (Fsp3) is 0.812. The summed E-state index contributed by atoms with van der Waals surface area (Å²) in [6.07, 6.45) is 0.816. The molecule has 0 amide bonds. The molecule has 0 aliphatic heterocycles. The quantitative estimate of drug-likeness (QED) is 0.305. The van der Waals surface area contributed by atoms with Gasteiger partial charge in [0.25, 0.3) is 0 Å². The summed E-state index contributed by atoms with van der Waals surface area (Å²) in [5.74, 6) is -0.235. The van der Waals surface area contributed by atoms with E-state index in [1.165, 1.54) is 0 Å². The van der Waals surface area contributed by atoms with Gasteiger partial charge in [-0.25, -0.2) is 4.79 Å². The monoisotopic (exact) mass is 422 g/mol. The third-order valence-corrected chi connectivity index (χ3v) is 67.9. The molecule has 0 aromatic rings. The highest BCUT2D eigenvalue weighted by Crippen LogP contribution is 2.39. The topological polar surface area (TPSA) is 54.0 Å². The van der Waals surface area contributed by atoms with E-state index in [1.807, 2.05) is 13.8 Å². The summed E-state index contributed by atoms with van der Waals surface area (Å²) < 4.78 is 23.8. The van der Waals surface area contributed by atoms with E-state index in [2.05, 4.69) is 45.0 Å². The lowest BCUT2D eigenvalue weighted by Crippen LogP contribution is -2.86. The molecular weight excluding hydrogens is 385 g/mol. The molecule has 148 valence electrons. The minimum absolute atomic E-state index is 0.235. The number of hydrogen-bond donors (Lipinski definition) is 0. The van der Waals surface area contributed by atoms with Crippen LogP contribution in [0, 0.1) is 0 Å². The minimum Gasteiger partial charge on any atom is -0.462 e. The lowest BCUT2D eigenvalue weighted by atomic mass is 10.4. The Labute approximate surface area is 157 Å². The Kier molecular flexibility index (Phi) is 9.23. The second kappa shape index (κ2) is 9.24. The minimum atomic E-state index is -2.36. The molecular formula is C16H38O5Si4. The van der Waals surface area contributed by atoms with E-state index >= 15 is 0 Å². The molecule has 0 saturated heterocycles. The number of esters is 1. The van der Waals surface area contributed by atoms with Gasteiger partial charge in [0.15, 0.2) is 30.1 Å². The van der Waals surface area contributed by atoms with Crippen molar-refractivity contribution in [3.63, 3.8) is 0 Å². The van der Waals surface area contributed by atoms with E-state index in [-0.39, 0.29) is 5.97 Å². The first kappa shape index (κ1) is 25.0. The Morgan fingerprint density at radius 1 is 0.840 bits per heavy atom. The van der Waals surface area contributed by atoms with Crippen LogP contribution >= 0.6 is 0 Å². The first-order valence-corrected chi connectivity index (χ1v) is 22.6. The second-order valence-electron chi connectivity index (χ2n) is 7.91. The number of ether oxygens (including phenoxy) is 1. The van der Waals surface area contributed by atoms with Crippen molar-refractivity contribution in [3.05, 3.63) is 11.3 Å². The van der Waals surface area contributed by atoms with Crippen molar-refractivity contribution in [1.82, 2.24) is 0 Å². The summed E-state index contributed by atoms with van der Waals surface area (Å²) in [7, 11) is -1.15. The summed E-state index contributed by atoms with van der Waals surface area (Å²) >= 11 is 0. The Morgan fingerprint density at radius 3 is 1.48 bits per heavy atom. The van der Waals surface area contributed by atoms with Crippen molar-refractivity contribution in [3.8, 4) is 0 Å². The van der Waals surface area contributed by atoms with E-state index in [9.17, 15) is 4.79 Å². The average molecular weight is 423 g/mol. The molecule has 0 fully saturated rings. The van der Waals surface area contributed by atoms with Gasteiger partial charge in [-0.2, -0.15) is 0 Å². The van der Waals surface area contributed by atoms with E-state index in [0.29, 0.717) is 12.2 Å². The van der Waals surface area contributed by atoms with Gasteiger partial charge in [0, 0.05) is 26.9 Å². The lowest BCUT2D eigenvalue weighted by Gasteiger charge is -2.54. The van der Waals surface area contributed by atoms with Gasteiger partial charge in [-0.05, 0) is 52.6 Å². The van der Waals surface area contributed by atoms with Gasteiger partial charge >= 0.3 is 5.97 Å². The predicted octanol–water partition coefficient (Wildman–Crippen LogP) is 3.66. The Balaban J connectivity index is 6.64. The van der Waals surface area contributed by atoms with E-state index in [4.69, 9.17) is 18.0 Å². The maximum absolute atomic E-state index is 12.5. The summed E-state index contributed by atoms with van der Waals surface area (Å²) in [5.41, 5.74) is 2.90. The SMILES string of the molecule is CCCOC(=O)/C(C)=C/[Si]([Si](C)(C)OC)([Si](C)(C)OC)[Si](C)(C)OC. The van der Waals surface area contributed by atoms with Crippen molar-refractivity contribution < 1.29 is 22.8 Å². The molecule has 0 aliphatic rings. The number of carbonyl (C=O) groups excluding carboxylic acids is 1. The van der Waals surface area contributed by atoms with Crippen molar-refractivity contribution in [2.75, 3.05) is 27.9 Å². The van der Waals surface area contributed by atoms with Crippen LogP contribution in [0.15, 0.2) is 11.3 Å². The zero-order chi connectivity index (χ0) is 20.1. The molecule has 25 heavy (non-hydrogen) atoms. The smallest absolute Gasteiger partial charge is 0.332 e. The fourth-order valence-corrected chi connectivity index (χ4v) is 76.7. The summed E-state index contributed by atoms with van der Waals surface area (Å²) in [6.45, 7) is 15.5. The first-order chi connectivity index (χ1) is 11.3. The van der Waals surface area contributed by atoms with Crippen molar-refractivity contribution in [2.24, 2.45) is 0 Å². The van der Waals surface area contributed by atoms with Crippen molar-refractivity contribution in [2.45, 2.75) is 59.6 Å². The first-order valence-electron chi connectivity index (χ1n) is 8.82. The van der Waals surface area contributed by atoms with Gasteiger partial charge < -0.3 is 18.0 Å². The van der Waals surface area contributed by atoms with Crippen molar-refractivity contribution >= 4 is 36.1 Å². The molecule has 0 unspecified atom stereocenters. The normalized spacial score (nSPS) is 14.6. The molecule has 0 aliphatic carbocycles. The number of carbonyl (C=O) groups is 1. The Hall–Kier alpha value is -0.0425. The summed E-state index contributed by atoms with van der Waals surface area (Å²) in [4.78, 5) is 12.5. The van der Waals surface area contributed by atoms with Crippen LogP contribution in [0.4, 0.5) is 0 Å². The van der Waals surface area contributed by atoms with Gasteiger partial charge in [-0.1, -0.05) is 12.6 Å². The van der Waals surface area contributed by atoms with Crippen LogP contribution in [0.25, 0.3) is 0 Å². The lowest BCUT2D eigenvalue weighted by molar-refractivity contribution is -0.138. The van der Waals surface area contributed by atoms with Gasteiger partial charge in [0.05, 0.1) is 6.61 Å². The van der Waals surface area contributed by atoms with Crippen LogP contribution in [0.5, 0.6) is 0 Å². The van der Waals surface area contributed by atoms with Crippen LogP contribution in [-0.4, -0.2) is 64.0 Å². The van der Waals surface area contributed by atoms with Gasteiger partial charge in [0.2, 0.25) is 0 Å². The molecule has 0 radical (unpaired) electrons. The molecule has 5 nitrogen and oxygen atoms in total. The van der Waals surface area contributed by atoms with Crippen LogP contribution in [-0.2, 0) is 22.8 Å². The molecule has 9 heteroatoms. The zero-order valence-corrected chi connectivity index (χ0v) is 22.0. The van der Waals surface area contributed by atoms with Crippen LogP contribution in [0.2, 0.25) is 39.3 Å². The molecule has 0 rings (SSSR count). The molecule has 0 bridgehead atoms. The molecule has 0 N–H and O–H groups in total. The molecule has 0 spiro atoms. The Bertz CT molecular complexity index is 448. The highest BCUT2D eigenvalue weighted by Gasteiger charge is 2.69. The van der Waals surface area contributed by atoms with Crippen LogP contribution < -0.4 is 0 Å². The molecule has 0 saturated carbocycles. The van der Waals surface area contributed by atoms with Crippen LogP contribution in [0.1, 0.15) is 20.3 Å². The highest BCUT2D eigenvalue weighted by atomic mass is 29.9. The fourth-order valence-electron chi connectivity index (χ4n) is 3.87. The van der Waals surface area contributed by atoms with E-state index in [1.54, 1.807) is 21.3 Å². The molecule has 0 atom stereocenters. The largest absolute Gasteiger partial charge is 0.462 e. The van der Waals surface area contributed by atoms with Gasteiger partial charge in [-0.3, -0.25) is 0 Å². The third kappa shape index (κ3) is 4.82. The summed E-state index contributed by atoms with van der Waals surface area (Å²) in [6, 6.07) is 0. The number of rotatable bonds is 10. The average Bonchev–Trinajstić information content (AvgIpc) is 2.56.